The second-order valence-corrected chi connectivity index (χ2v) is 11.4. The summed E-state index contributed by atoms with van der Waals surface area (Å²) < 4.78 is 10.6. The maximum absolute atomic E-state index is 13.7. The topological polar surface area (TPSA) is 130 Å². The highest BCUT2D eigenvalue weighted by Gasteiger charge is 2.32. The Labute approximate surface area is 244 Å². The minimum absolute atomic E-state index is 0.0232. The van der Waals surface area contributed by atoms with E-state index in [4.69, 9.17) is 21.1 Å². The van der Waals surface area contributed by atoms with Crippen molar-refractivity contribution in [3.05, 3.63) is 70.2 Å². The van der Waals surface area contributed by atoms with Crippen LogP contribution in [0, 0.1) is 0 Å². The standard InChI is InChI=1S/C30H35ClN4O6/c1-30(2,3)41-29(39)33-22-10-12-35(13-11-22)25(18-8-6-5-7-9-18)26(36)32-17-20-15-21(31)14-19-16-23(28(37)38)27(40-4)34-24(19)20/h5-9,14-16,22,25H,10-13,17H2,1-4H3,(H,32,36)(H,33,39)(H,37,38). The summed E-state index contributed by atoms with van der Waals surface area (Å²) in [7, 11) is 1.36. The zero-order chi connectivity index (χ0) is 29.7. The van der Waals surface area contributed by atoms with Crippen LogP contribution in [0.1, 0.15) is 61.1 Å². The van der Waals surface area contributed by atoms with E-state index in [-0.39, 0.29) is 29.9 Å². The van der Waals surface area contributed by atoms with Gasteiger partial charge in [-0.2, -0.15) is 0 Å². The summed E-state index contributed by atoms with van der Waals surface area (Å²) in [5, 5.41) is 16.4. The number of halogens is 1. The Kier molecular flexibility index (Phi) is 9.35. The number of carbonyl (C=O) groups excluding carboxylic acids is 2. The van der Waals surface area contributed by atoms with E-state index in [1.807, 2.05) is 51.1 Å². The van der Waals surface area contributed by atoms with Crippen LogP contribution in [0.25, 0.3) is 10.9 Å². The average molecular weight is 583 g/mol. The molecule has 11 heteroatoms. The van der Waals surface area contributed by atoms with Gasteiger partial charge in [0.25, 0.3) is 0 Å². The molecule has 3 N–H and O–H groups in total. The van der Waals surface area contributed by atoms with E-state index in [0.29, 0.717) is 47.4 Å². The Morgan fingerprint density at radius 3 is 2.41 bits per heavy atom. The molecule has 0 aliphatic carbocycles. The smallest absolute Gasteiger partial charge is 0.407 e. The molecule has 1 unspecified atom stereocenters. The fourth-order valence-electron chi connectivity index (χ4n) is 4.97. The number of benzene rings is 2. The minimum Gasteiger partial charge on any atom is -0.480 e. The number of fused-ring (bicyclic) bond motifs is 1. The number of pyridine rings is 1. The number of nitrogens with one attached hydrogen (secondary N) is 2. The molecule has 1 aromatic heterocycles. The molecule has 2 aromatic carbocycles. The molecule has 2 amide bonds. The molecule has 1 atom stereocenters. The van der Waals surface area contributed by atoms with Crippen molar-refractivity contribution in [1.29, 1.82) is 0 Å². The van der Waals surface area contributed by atoms with Crippen molar-refractivity contribution in [3.8, 4) is 5.88 Å². The Morgan fingerprint density at radius 2 is 1.80 bits per heavy atom. The van der Waals surface area contributed by atoms with Gasteiger partial charge in [-0.15, -0.1) is 0 Å². The van der Waals surface area contributed by atoms with Gasteiger partial charge in [0.2, 0.25) is 11.8 Å². The Bertz CT molecular complexity index is 1420. The molecule has 1 fully saturated rings. The zero-order valence-electron chi connectivity index (χ0n) is 23.6. The van der Waals surface area contributed by atoms with Gasteiger partial charge in [0, 0.05) is 36.1 Å². The first-order valence-electron chi connectivity index (χ1n) is 13.4. The number of aromatic carboxylic acids is 1. The number of aromatic nitrogens is 1. The molecule has 0 spiro atoms. The van der Waals surface area contributed by atoms with Gasteiger partial charge in [0.1, 0.15) is 17.2 Å². The summed E-state index contributed by atoms with van der Waals surface area (Å²) in [6.45, 7) is 6.80. The number of ether oxygens (including phenoxy) is 2. The molecule has 2 heterocycles. The van der Waals surface area contributed by atoms with Crippen LogP contribution in [0.2, 0.25) is 5.02 Å². The molecule has 4 rings (SSSR count). The molecule has 218 valence electrons. The lowest BCUT2D eigenvalue weighted by molar-refractivity contribution is -0.127. The van der Waals surface area contributed by atoms with Crippen LogP contribution in [-0.4, -0.2) is 64.8 Å². The van der Waals surface area contributed by atoms with E-state index in [2.05, 4.69) is 20.5 Å². The predicted octanol–water partition coefficient (Wildman–Crippen LogP) is 4.94. The van der Waals surface area contributed by atoms with Crippen molar-refractivity contribution >= 4 is 40.5 Å². The van der Waals surface area contributed by atoms with Crippen molar-refractivity contribution in [2.24, 2.45) is 0 Å². The third kappa shape index (κ3) is 7.65. The fourth-order valence-corrected chi connectivity index (χ4v) is 5.22. The molecule has 0 bridgehead atoms. The lowest BCUT2D eigenvalue weighted by atomic mass is 9.98. The fraction of sp³-hybridized carbons (Fsp3) is 0.400. The van der Waals surface area contributed by atoms with Gasteiger partial charge in [0.05, 0.1) is 12.6 Å². The number of methoxy groups -OCH3 is 1. The van der Waals surface area contributed by atoms with Crippen LogP contribution < -0.4 is 15.4 Å². The Hall–Kier alpha value is -3.89. The normalized spacial score (nSPS) is 15.2. The zero-order valence-corrected chi connectivity index (χ0v) is 24.3. The Morgan fingerprint density at radius 1 is 1.12 bits per heavy atom. The number of rotatable bonds is 8. The van der Waals surface area contributed by atoms with E-state index in [1.54, 1.807) is 12.1 Å². The first-order chi connectivity index (χ1) is 19.4. The second kappa shape index (κ2) is 12.7. The number of amides is 2. The van der Waals surface area contributed by atoms with Crippen LogP contribution in [0.3, 0.4) is 0 Å². The largest absolute Gasteiger partial charge is 0.480 e. The number of carboxylic acid groups (broad SMARTS) is 1. The predicted molar refractivity (Wildman–Crippen MR) is 155 cm³/mol. The maximum atomic E-state index is 13.7. The van der Waals surface area contributed by atoms with Gasteiger partial charge in [-0.3, -0.25) is 9.69 Å². The summed E-state index contributed by atoms with van der Waals surface area (Å²) in [5.41, 5.74) is 1.32. The lowest BCUT2D eigenvalue weighted by Gasteiger charge is -2.37. The van der Waals surface area contributed by atoms with Gasteiger partial charge in [0.15, 0.2) is 0 Å². The maximum Gasteiger partial charge on any atom is 0.407 e. The van der Waals surface area contributed by atoms with Crippen molar-refractivity contribution in [1.82, 2.24) is 20.5 Å². The third-order valence-electron chi connectivity index (χ3n) is 6.78. The number of hydrogen-bond acceptors (Lipinski definition) is 7. The number of alkyl carbamates (subject to hydrolysis) is 1. The molecule has 10 nitrogen and oxygen atoms in total. The van der Waals surface area contributed by atoms with Crippen molar-refractivity contribution in [3.63, 3.8) is 0 Å². The molecule has 3 aromatic rings. The third-order valence-corrected chi connectivity index (χ3v) is 7.00. The number of carbonyl (C=O) groups is 3. The van der Waals surface area contributed by atoms with Crippen LogP contribution >= 0.6 is 11.6 Å². The second-order valence-electron chi connectivity index (χ2n) is 11.0. The highest BCUT2D eigenvalue weighted by Crippen LogP contribution is 2.29. The molecular weight excluding hydrogens is 548 g/mol. The molecule has 1 aliphatic rings. The van der Waals surface area contributed by atoms with Crippen molar-refractivity contribution in [2.75, 3.05) is 20.2 Å². The SMILES string of the molecule is COc1nc2c(CNC(=O)C(c3ccccc3)N3CCC(NC(=O)OC(C)(C)C)CC3)cc(Cl)cc2cc1C(=O)O. The van der Waals surface area contributed by atoms with Gasteiger partial charge in [-0.05, 0) is 62.9 Å². The molecule has 0 saturated carbocycles. The number of piperidine rings is 1. The van der Waals surface area contributed by atoms with Gasteiger partial charge in [-0.1, -0.05) is 41.9 Å². The highest BCUT2D eigenvalue weighted by molar-refractivity contribution is 6.31. The minimum atomic E-state index is -1.16. The van der Waals surface area contributed by atoms with Gasteiger partial charge >= 0.3 is 12.1 Å². The summed E-state index contributed by atoms with van der Waals surface area (Å²) in [5.74, 6) is -1.39. The van der Waals surface area contributed by atoms with Gasteiger partial charge < -0.3 is 25.2 Å². The van der Waals surface area contributed by atoms with Crippen LogP contribution in [0.5, 0.6) is 5.88 Å². The highest BCUT2D eigenvalue weighted by atomic mass is 35.5. The summed E-state index contributed by atoms with van der Waals surface area (Å²) in [6.07, 6.45) is 0.900. The van der Waals surface area contributed by atoms with E-state index >= 15 is 0 Å². The van der Waals surface area contributed by atoms with Crippen LogP contribution in [0.4, 0.5) is 4.79 Å². The van der Waals surface area contributed by atoms with E-state index in [1.165, 1.54) is 13.2 Å². The van der Waals surface area contributed by atoms with Crippen LogP contribution in [0.15, 0.2) is 48.5 Å². The van der Waals surface area contributed by atoms with E-state index < -0.39 is 23.7 Å². The molecule has 1 saturated heterocycles. The van der Waals surface area contributed by atoms with E-state index in [9.17, 15) is 19.5 Å². The first-order valence-corrected chi connectivity index (χ1v) is 13.8. The average Bonchev–Trinajstić information content (AvgIpc) is 2.91. The number of hydrogen-bond donors (Lipinski definition) is 3. The lowest BCUT2D eigenvalue weighted by Crippen LogP contribution is -2.49. The number of carboxylic acids is 1. The van der Waals surface area contributed by atoms with Gasteiger partial charge in [-0.25, -0.2) is 14.6 Å². The summed E-state index contributed by atoms with van der Waals surface area (Å²) in [6, 6.07) is 13.7. The molecule has 1 aliphatic heterocycles. The molecule has 0 radical (unpaired) electrons. The quantitative estimate of drug-likeness (QED) is 0.340. The summed E-state index contributed by atoms with van der Waals surface area (Å²) >= 11 is 6.34. The summed E-state index contributed by atoms with van der Waals surface area (Å²) in [4.78, 5) is 44.1. The first kappa shape index (κ1) is 30.1. The monoisotopic (exact) mass is 582 g/mol. The number of likely N-dealkylation sites (tertiary alicyclic amines) is 1. The number of nitrogens with zero attached hydrogens (tertiary/aromatic N) is 2. The molecule has 41 heavy (non-hydrogen) atoms. The Balaban J connectivity index is 1.51. The van der Waals surface area contributed by atoms with E-state index in [0.717, 1.165) is 5.56 Å². The molecular formula is C30H35ClN4O6. The van der Waals surface area contributed by atoms with Crippen molar-refractivity contribution in [2.45, 2.75) is 57.8 Å². The van der Waals surface area contributed by atoms with Crippen LogP contribution in [-0.2, 0) is 16.1 Å². The van der Waals surface area contributed by atoms with Crippen molar-refractivity contribution < 1.29 is 29.0 Å².